The lowest BCUT2D eigenvalue weighted by atomic mass is 10.1. The van der Waals surface area contributed by atoms with Crippen LogP contribution in [-0.4, -0.2) is 14.7 Å². The molecule has 0 aliphatic carbocycles. The Bertz CT molecular complexity index is 398. The second kappa shape index (κ2) is 4.57. The number of benzene rings is 1. The third-order valence-electron chi connectivity index (χ3n) is 2.02. The molecule has 78 valence electrons. The summed E-state index contributed by atoms with van der Waals surface area (Å²) in [7, 11) is -3.10. The lowest BCUT2D eigenvalue weighted by molar-refractivity contribution is 0.587. The van der Waals surface area contributed by atoms with Gasteiger partial charge in [-0.15, -0.1) is 0 Å². The van der Waals surface area contributed by atoms with E-state index >= 15 is 0 Å². The zero-order chi connectivity index (χ0) is 10.6. The highest BCUT2D eigenvalue weighted by Crippen LogP contribution is 2.08. The van der Waals surface area contributed by atoms with Crippen molar-refractivity contribution in [1.82, 2.24) is 4.72 Å². The van der Waals surface area contributed by atoms with E-state index in [2.05, 4.69) is 11.6 Å². The fourth-order valence-corrected chi connectivity index (χ4v) is 1.70. The van der Waals surface area contributed by atoms with Crippen LogP contribution in [0.15, 0.2) is 24.3 Å². The van der Waals surface area contributed by atoms with E-state index in [4.69, 9.17) is 0 Å². The summed E-state index contributed by atoms with van der Waals surface area (Å²) in [5.74, 6) is 0. The van der Waals surface area contributed by atoms with Crippen molar-refractivity contribution in [3.8, 4) is 0 Å². The smallest absolute Gasteiger partial charge is 0.209 e. The Morgan fingerprint density at radius 3 is 2.29 bits per heavy atom. The van der Waals surface area contributed by atoms with E-state index in [9.17, 15) is 8.42 Å². The van der Waals surface area contributed by atoms with Crippen molar-refractivity contribution < 1.29 is 8.42 Å². The quantitative estimate of drug-likeness (QED) is 0.819. The fourth-order valence-electron chi connectivity index (χ4n) is 1.28. The molecule has 0 atom stereocenters. The van der Waals surface area contributed by atoms with Gasteiger partial charge < -0.3 is 0 Å². The van der Waals surface area contributed by atoms with Crippen LogP contribution in [0.25, 0.3) is 0 Å². The molecule has 14 heavy (non-hydrogen) atoms. The highest BCUT2D eigenvalue weighted by molar-refractivity contribution is 7.88. The van der Waals surface area contributed by atoms with Gasteiger partial charge in [-0.1, -0.05) is 31.2 Å². The summed E-state index contributed by atoms with van der Waals surface area (Å²) in [6, 6.07) is 7.83. The summed E-state index contributed by atoms with van der Waals surface area (Å²) in [5, 5.41) is 0. The lowest BCUT2D eigenvalue weighted by Gasteiger charge is -2.07. The van der Waals surface area contributed by atoms with Gasteiger partial charge in [-0.2, -0.15) is 0 Å². The van der Waals surface area contributed by atoms with Crippen LogP contribution in [0, 0.1) is 0 Å². The van der Waals surface area contributed by atoms with E-state index < -0.39 is 10.0 Å². The SMILES string of the molecule is CCc1ccccc1CNS(C)(=O)=O. The molecule has 0 bridgehead atoms. The number of rotatable bonds is 4. The highest BCUT2D eigenvalue weighted by Gasteiger charge is 2.03. The van der Waals surface area contributed by atoms with Crippen molar-refractivity contribution in [2.24, 2.45) is 0 Å². The van der Waals surface area contributed by atoms with Crippen molar-refractivity contribution in [2.75, 3.05) is 6.26 Å². The molecule has 1 aromatic rings. The van der Waals surface area contributed by atoms with Crippen LogP contribution in [0.5, 0.6) is 0 Å². The van der Waals surface area contributed by atoms with Crippen molar-refractivity contribution >= 4 is 10.0 Å². The Labute approximate surface area is 85.2 Å². The molecular formula is C10H15NO2S. The maximum absolute atomic E-state index is 10.9. The first-order chi connectivity index (χ1) is 6.53. The van der Waals surface area contributed by atoms with E-state index in [-0.39, 0.29) is 0 Å². The minimum absolute atomic E-state index is 0.378. The van der Waals surface area contributed by atoms with E-state index in [1.807, 2.05) is 24.3 Å². The third-order valence-corrected chi connectivity index (χ3v) is 2.69. The Morgan fingerprint density at radius 1 is 1.21 bits per heavy atom. The second-order valence-electron chi connectivity index (χ2n) is 3.22. The van der Waals surface area contributed by atoms with Crippen LogP contribution in [-0.2, 0) is 23.0 Å². The Hall–Kier alpha value is -0.870. The molecule has 3 nitrogen and oxygen atoms in total. The van der Waals surface area contributed by atoms with Gasteiger partial charge in [-0.25, -0.2) is 13.1 Å². The largest absolute Gasteiger partial charge is 0.213 e. The zero-order valence-electron chi connectivity index (χ0n) is 8.45. The number of hydrogen-bond acceptors (Lipinski definition) is 2. The minimum atomic E-state index is -3.10. The van der Waals surface area contributed by atoms with Crippen LogP contribution in [0.3, 0.4) is 0 Å². The fraction of sp³-hybridized carbons (Fsp3) is 0.400. The van der Waals surface area contributed by atoms with Gasteiger partial charge in [-0.3, -0.25) is 0 Å². The molecule has 0 fully saturated rings. The van der Waals surface area contributed by atoms with Crippen LogP contribution in [0.1, 0.15) is 18.1 Å². The van der Waals surface area contributed by atoms with E-state index in [1.54, 1.807) is 0 Å². The third kappa shape index (κ3) is 3.47. The number of sulfonamides is 1. The van der Waals surface area contributed by atoms with Gasteiger partial charge in [0.2, 0.25) is 10.0 Å². The number of hydrogen-bond donors (Lipinski definition) is 1. The standard InChI is InChI=1S/C10H15NO2S/c1-3-9-6-4-5-7-10(9)8-11-14(2,12)13/h4-7,11H,3,8H2,1-2H3. The lowest BCUT2D eigenvalue weighted by Crippen LogP contribution is -2.21. The van der Waals surface area contributed by atoms with Crippen molar-refractivity contribution in [3.05, 3.63) is 35.4 Å². The predicted molar refractivity (Wildman–Crippen MR) is 57.5 cm³/mol. The molecule has 1 N–H and O–H groups in total. The molecule has 0 heterocycles. The van der Waals surface area contributed by atoms with Gasteiger partial charge in [-0.05, 0) is 17.5 Å². The van der Waals surface area contributed by atoms with E-state index in [0.29, 0.717) is 6.54 Å². The summed E-state index contributed by atoms with van der Waals surface area (Å²) in [6.07, 6.45) is 2.09. The van der Waals surface area contributed by atoms with Gasteiger partial charge in [0, 0.05) is 6.54 Å². The molecule has 0 aromatic heterocycles. The van der Waals surface area contributed by atoms with E-state index in [0.717, 1.165) is 12.0 Å². The maximum atomic E-state index is 10.9. The summed E-state index contributed by atoms with van der Waals surface area (Å²) in [4.78, 5) is 0. The van der Waals surface area contributed by atoms with Gasteiger partial charge >= 0.3 is 0 Å². The van der Waals surface area contributed by atoms with Crippen LogP contribution in [0.2, 0.25) is 0 Å². The first kappa shape index (κ1) is 11.2. The summed E-state index contributed by atoms with van der Waals surface area (Å²) < 4.78 is 24.3. The molecule has 0 saturated heterocycles. The Kier molecular flexibility index (Phi) is 3.66. The molecule has 0 unspecified atom stereocenters. The van der Waals surface area contributed by atoms with Crippen LogP contribution in [0.4, 0.5) is 0 Å². The monoisotopic (exact) mass is 213 g/mol. The first-order valence-electron chi connectivity index (χ1n) is 4.54. The Morgan fingerprint density at radius 2 is 1.79 bits per heavy atom. The zero-order valence-corrected chi connectivity index (χ0v) is 9.26. The molecule has 0 saturated carbocycles. The second-order valence-corrected chi connectivity index (χ2v) is 5.05. The van der Waals surface area contributed by atoms with Crippen molar-refractivity contribution in [2.45, 2.75) is 19.9 Å². The van der Waals surface area contributed by atoms with Gasteiger partial charge in [0.05, 0.1) is 6.26 Å². The number of nitrogens with one attached hydrogen (secondary N) is 1. The van der Waals surface area contributed by atoms with Gasteiger partial charge in [0.1, 0.15) is 0 Å². The molecule has 1 rings (SSSR count). The van der Waals surface area contributed by atoms with Crippen LogP contribution >= 0.6 is 0 Å². The average Bonchev–Trinajstić information content (AvgIpc) is 2.14. The minimum Gasteiger partial charge on any atom is -0.213 e. The van der Waals surface area contributed by atoms with Crippen LogP contribution < -0.4 is 4.72 Å². The predicted octanol–water partition coefficient (Wildman–Crippen LogP) is 1.30. The molecule has 0 radical (unpaired) electrons. The highest BCUT2D eigenvalue weighted by atomic mass is 32.2. The topological polar surface area (TPSA) is 46.2 Å². The normalized spacial score (nSPS) is 11.6. The van der Waals surface area contributed by atoms with Crippen molar-refractivity contribution in [1.29, 1.82) is 0 Å². The molecule has 0 aliphatic heterocycles. The molecule has 4 heteroatoms. The molecular weight excluding hydrogens is 198 g/mol. The molecule has 1 aromatic carbocycles. The average molecular weight is 213 g/mol. The van der Waals surface area contributed by atoms with Crippen molar-refractivity contribution in [3.63, 3.8) is 0 Å². The first-order valence-corrected chi connectivity index (χ1v) is 6.43. The molecule has 0 aliphatic rings. The van der Waals surface area contributed by atoms with Gasteiger partial charge in [0.15, 0.2) is 0 Å². The summed E-state index contributed by atoms with van der Waals surface area (Å²) >= 11 is 0. The Balaban J connectivity index is 2.76. The maximum Gasteiger partial charge on any atom is 0.209 e. The summed E-state index contributed by atoms with van der Waals surface area (Å²) in [5.41, 5.74) is 2.23. The molecule has 0 spiro atoms. The van der Waals surface area contributed by atoms with Gasteiger partial charge in [0.25, 0.3) is 0 Å². The molecule has 0 amide bonds. The van der Waals surface area contributed by atoms with E-state index in [1.165, 1.54) is 11.8 Å². The number of aryl methyl sites for hydroxylation is 1. The summed E-state index contributed by atoms with van der Waals surface area (Å²) in [6.45, 7) is 2.43.